The number of nitrogens with zero attached hydrogens (tertiary/aromatic N) is 3. The van der Waals surface area contributed by atoms with Crippen LogP contribution in [0.4, 0.5) is 5.82 Å². The summed E-state index contributed by atoms with van der Waals surface area (Å²) in [7, 11) is -7.75. The van der Waals surface area contributed by atoms with Crippen molar-refractivity contribution in [2.24, 2.45) is 5.92 Å². The van der Waals surface area contributed by atoms with Crippen molar-refractivity contribution in [1.82, 2.24) is 14.0 Å². The molecule has 4 heterocycles. The van der Waals surface area contributed by atoms with Gasteiger partial charge in [0.2, 0.25) is 10.0 Å². The van der Waals surface area contributed by atoms with Gasteiger partial charge in [0.1, 0.15) is 25.3 Å². The zero-order chi connectivity index (χ0) is 35.3. The highest BCUT2D eigenvalue weighted by molar-refractivity contribution is 9.11. The summed E-state index contributed by atoms with van der Waals surface area (Å²) in [5.74, 6) is -0.424. The van der Waals surface area contributed by atoms with Crippen LogP contribution in [0.3, 0.4) is 0 Å². The van der Waals surface area contributed by atoms with E-state index in [0.717, 1.165) is 49.9 Å². The van der Waals surface area contributed by atoms with Crippen molar-refractivity contribution >= 4 is 98.2 Å². The topological polar surface area (TPSA) is 146 Å². The number of carbonyl (C=O) groups is 1. The van der Waals surface area contributed by atoms with Crippen molar-refractivity contribution in [3.8, 4) is 0 Å². The number of piperidine rings is 2. The summed E-state index contributed by atoms with van der Waals surface area (Å²) in [6, 6.07) is 8.16. The van der Waals surface area contributed by atoms with Crippen LogP contribution >= 0.6 is 66.4 Å². The number of benzene rings is 1. The number of aromatic nitrogens is 1. The van der Waals surface area contributed by atoms with Gasteiger partial charge in [-0.25, -0.2) is 21.8 Å². The third-order valence-corrected chi connectivity index (χ3v) is 15.7. The minimum Gasteiger partial charge on any atom is -0.480 e. The lowest BCUT2D eigenvalue weighted by atomic mass is 9.95. The number of pyridine rings is 1. The van der Waals surface area contributed by atoms with E-state index in [1.807, 2.05) is 0 Å². The van der Waals surface area contributed by atoms with Crippen LogP contribution in [0, 0.1) is 5.92 Å². The van der Waals surface area contributed by atoms with E-state index in [0.29, 0.717) is 62.5 Å². The van der Waals surface area contributed by atoms with Crippen molar-refractivity contribution in [2.45, 2.75) is 66.2 Å². The van der Waals surface area contributed by atoms with Crippen LogP contribution < -0.4 is 9.62 Å². The first-order chi connectivity index (χ1) is 23.2. The highest BCUT2D eigenvalue weighted by Crippen LogP contribution is 2.37. The number of carboxylic acid groups (broad SMARTS) is 1. The molecule has 3 aromatic rings. The fourth-order valence-electron chi connectivity index (χ4n) is 6.00. The molecule has 1 aromatic carbocycles. The van der Waals surface area contributed by atoms with Gasteiger partial charge in [-0.1, -0.05) is 35.3 Å². The third kappa shape index (κ3) is 10.2. The van der Waals surface area contributed by atoms with Crippen molar-refractivity contribution in [3.63, 3.8) is 0 Å². The largest absolute Gasteiger partial charge is 0.480 e. The van der Waals surface area contributed by atoms with Crippen molar-refractivity contribution in [2.75, 3.05) is 37.7 Å². The number of ether oxygens (including phenoxy) is 1. The van der Waals surface area contributed by atoms with Crippen LogP contribution in [0.2, 0.25) is 9.36 Å². The molecule has 0 aliphatic carbocycles. The second kappa shape index (κ2) is 17.0. The van der Waals surface area contributed by atoms with Gasteiger partial charge >= 0.3 is 5.97 Å². The first kappa shape index (κ1) is 38.9. The fourth-order valence-corrected chi connectivity index (χ4v) is 12.0. The Labute approximate surface area is 317 Å². The van der Waals surface area contributed by atoms with Crippen molar-refractivity contribution in [1.29, 1.82) is 0 Å². The first-order valence-electron chi connectivity index (χ1n) is 15.7. The Kier molecular flexibility index (Phi) is 13.5. The molecule has 2 N–H and O–H groups in total. The lowest BCUT2D eigenvalue weighted by molar-refractivity contribution is -0.138. The Bertz CT molecular complexity index is 1820. The van der Waals surface area contributed by atoms with Gasteiger partial charge in [0.15, 0.2) is 0 Å². The summed E-state index contributed by atoms with van der Waals surface area (Å²) in [4.78, 5) is 18.2. The smallest absolute Gasteiger partial charge is 0.322 e. The second-order valence-electron chi connectivity index (χ2n) is 12.1. The molecule has 268 valence electrons. The Morgan fingerprint density at radius 2 is 1.78 bits per heavy atom. The summed E-state index contributed by atoms with van der Waals surface area (Å²) in [6.07, 6.45) is 6.35. The lowest BCUT2D eigenvalue weighted by Gasteiger charge is -2.34. The number of nitrogens with one attached hydrogen (secondary N) is 1. The highest BCUT2D eigenvalue weighted by Gasteiger charge is 2.32. The average molecular weight is 904 g/mol. The molecule has 0 spiro atoms. The van der Waals surface area contributed by atoms with Gasteiger partial charge in [-0.05, 0) is 113 Å². The maximum atomic E-state index is 13.1. The number of anilines is 1. The molecule has 0 bridgehead atoms. The van der Waals surface area contributed by atoms with E-state index >= 15 is 0 Å². The quantitative estimate of drug-likeness (QED) is 0.167. The van der Waals surface area contributed by atoms with Crippen molar-refractivity contribution in [3.05, 3.63) is 66.5 Å². The second-order valence-corrected chi connectivity index (χ2v) is 19.8. The van der Waals surface area contributed by atoms with Gasteiger partial charge < -0.3 is 14.7 Å². The number of hydrogen-bond donors (Lipinski definition) is 2. The number of sulfonamides is 2. The van der Waals surface area contributed by atoms with Crippen LogP contribution in [0.5, 0.6) is 0 Å². The minimum absolute atomic E-state index is 0.0521. The number of rotatable bonds is 14. The lowest BCUT2D eigenvalue weighted by Crippen LogP contribution is -2.42. The Balaban J connectivity index is 1.07. The molecule has 0 saturated carbocycles. The predicted octanol–water partition coefficient (Wildman–Crippen LogP) is 6.82. The molecule has 5 rings (SSSR count). The number of aliphatic carboxylic acids is 1. The molecule has 49 heavy (non-hydrogen) atoms. The van der Waals surface area contributed by atoms with E-state index < -0.39 is 32.1 Å². The molecule has 2 aromatic heterocycles. The Hall–Kier alpha value is -1.34. The van der Waals surface area contributed by atoms with Gasteiger partial charge in [0.25, 0.3) is 10.0 Å². The summed E-state index contributed by atoms with van der Waals surface area (Å²) in [6.45, 7) is 2.94. The van der Waals surface area contributed by atoms with E-state index in [9.17, 15) is 26.7 Å². The van der Waals surface area contributed by atoms with Gasteiger partial charge in [-0.15, -0.1) is 11.3 Å². The van der Waals surface area contributed by atoms with Gasteiger partial charge in [-0.2, -0.15) is 9.03 Å². The summed E-state index contributed by atoms with van der Waals surface area (Å²) in [5, 5.41) is 10.2. The zero-order valence-corrected chi connectivity index (χ0v) is 33.4. The zero-order valence-electron chi connectivity index (χ0n) is 26.2. The summed E-state index contributed by atoms with van der Waals surface area (Å²) >= 11 is 19.8. The number of hydrogen-bond acceptors (Lipinski definition) is 9. The summed E-state index contributed by atoms with van der Waals surface area (Å²) in [5.41, 5.74) is 0.625. The average Bonchev–Trinajstić information content (AvgIpc) is 3.42. The van der Waals surface area contributed by atoms with Crippen molar-refractivity contribution < 1.29 is 31.5 Å². The fraction of sp³-hybridized carbons (Fsp3) is 0.484. The standard InChI is InChI=1S/C31H36Br2Cl2N4O7S3/c32-25-17-28(47-29(25)35)49(44,45)39-11-1-3-21(19-39)4-2-14-46-23-9-12-38(13-10-23)30-26(33)16-24(18-36-30)48(42,43)37-27(31(40)41)15-20-5-7-22(34)8-6-20/h5-8,16-18,21,23,27,37H,1-4,9-15,19H2,(H,40,41). The van der Waals surface area contributed by atoms with E-state index in [1.54, 1.807) is 34.6 Å². The van der Waals surface area contributed by atoms with Crippen LogP contribution in [0.15, 0.2) is 60.6 Å². The molecular weight excluding hydrogens is 867 g/mol. The summed E-state index contributed by atoms with van der Waals surface area (Å²) < 4.78 is 64.3. The first-order valence-corrected chi connectivity index (χ1v) is 21.8. The van der Waals surface area contributed by atoms with E-state index in [2.05, 4.69) is 46.5 Å². The van der Waals surface area contributed by atoms with E-state index in [1.165, 1.54) is 12.3 Å². The minimum atomic E-state index is -4.18. The molecule has 0 radical (unpaired) electrons. The van der Waals surface area contributed by atoms with Gasteiger partial charge in [-0.3, -0.25) is 4.79 Å². The molecule has 18 heteroatoms. The van der Waals surface area contributed by atoms with Crippen LogP contribution in [0.1, 0.15) is 44.1 Å². The maximum absolute atomic E-state index is 13.1. The molecule has 2 aliphatic heterocycles. The number of carboxylic acids is 1. The SMILES string of the molecule is O=C(O)C(Cc1ccc(Cl)cc1)NS(=O)(=O)c1cnc(N2CCC(OCCCC3CCCN(S(=O)(=O)c4cc(Br)c(Cl)s4)C3)CC2)c(Br)c1. The highest BCUT2D eigenvalue weighted by atomic mass is 79.9. The molecule has 11 nitrogen and oxygen atoms in total. The van der Waals surface area contributed by atoms with Crippen LogP contribution in [-0.2, 0) is 36.0 Å². The maximum Gasteiger partial charge on any atom is 0.322 e. The Morgan fingerprint density at radius 3 is 2.41 bits per heavy atom. The molecule has 2 fully saturated rings. The molecule has 2 saturated heterocycles. The van der Waals surface area contributed by atoms with Crippen LogP contribution in [-0.4, -0.2) is 82.1 Å². The number of thiophene rings is 1. The third-order valence-electron chi connectivity index (χ3n) is 8.61. The number of halogens is 4. The normalized spacial score (nSPS) is 18.9. The molecule has 0 amide bonds. The van der Waals surface area contributed by atoms with Crippen LogP contribution in [0.25, 0.3) is 0 Å². The van der Waals surface area contributed by atoms with Gasteiger partial charge in [0, 0.05) is 48.5 Å². The van der Waals surface area contributed by atoms with Gasteiger partial charge in [0.05, 0.1) is 10.6 Å². The monoisotopic (exact) mass is 900 g/mol. The molecule has 2 aliphatic rings. The molecule has 2 atom stereocenters. The van der Waals surface area contributed by atoms with E-state index in [-0.39, 0.29) is 27.5 Å². The molecular formula is C31H36Br2Cl2N4O7S3. The van der Waals surface area contributed by atoms with E-state index in [4.69, 9.17) is 27.9 Å². The Morgan fingerprint density at radius 1 is 1.06 bits per heavy atom. The predicted molar refractivity (Wildman–Crippen MR) is 198 cm³/mol. The molecule has 2 unspecified atom stereocenters.